The largest absolute Gasteiger partial charge is 0.493 e. The van der Waals surface area contributed by atoms with E-state index in [2.05, 4.69) is 4.90 Å². The smallest absolute Gasteiger partial charge is 0.203 e. The molecule has 5 nitrogen and oxygen atoms in total. The van der Waals surface area contributed by atoms with Gasteiger partial charge < -0.3 is 19.9 Å². The molecule has 0 saturated carbocycles. The van der Waals surface area contributed by atoms with Crippen molar-refractivity contribution in [2.75, 3.05) is 34.4 Å². The maximum absolute atomic E-state index is 5.94. The number of methoxy groups -OCH3 is 3. The molecule has 2 N–H and O–H groups in total. The Hall–Kier alpha value is -1.46. The van der Waals surface area contributed by atoms with Gasteiger partial charge in [0, 0.05) is 18.2 Å². The van der Waals surface area contributed by atoms with Crippen LogP contribution in [0.3, 0.4) is 0 Å². The molecule has 20 heavy (non-hydrogen) atoms. The Morgan fingerprint density at radius 1 is 1.05 bits per heavy atom. The van der Waals surface area contributed by atoms with Crippen LogP contribution in [-0.2, 0) is 6.54 Å². The van der Waals surface area contributed by atoms with E-state index >= 15 is 0 Å². The summed E-state index contributed by atoms with van der Waals surface area (Å²) in [5.41, 5.74) is 7.05. The van der Waals surface area contributed by atoms with E-state index in [-0.39, 0.29) is 0 Å². The van der Waals surface area contributed by atoms with Crippen molar-refractivity contribution in [3.8, 4) is 17.2 Å². The zero-order valence-electron chi connectivity index (χ0n) is 12.5. The van der Waals surface area contributed by atoms with Gasteiger partial charge in [0.2, 0.25) is 5.75 Å². The van der Waals surface area contributed by atoms with E-state index < -0.39 is 0 Å². The molecule has 0 radical (unpaired) electrons. The van der Waals surface area contributed by atoms with Crippen molar-refractivity contribution in [1.29, 1.82) is 0 Å². The fraction of sp³-hybridized carbons (Fsp3) is 0.600. The molecule has 5 heteroatoms. The second-order valence-electron chi connectivity index (χ2n) is 5.11. The van der Waals surface area contributed by atoms with Crippen LogP contribution >= 0.6 is 0 Å². The molecule has 0 aromatic heterocycles. The summed E-state index contributed by atoms with van der Waals surface area (Å²) in [6.45, 7) is 2.90. The molecule has 0 bridgehead atoms. The van der Waals surface area contributed by atoms with E-state index in [1.165, 1.54) is 0 Å². The standard InChI is InChI=1S/C15H24N2O3/c1-18-13-5-4-11(14(19-2)15(13)20-3)10-17-8-6-12(16)7-9-17/h4-5,12H,6-10,16H2,1-3H3. The van der Waals surface area contributed by atoms with Gasteiger partial charge in [0.05, 0.1) is 21.3 Å². The lowest BCUT2D eigenvalue weighted by molar-refractivity contribution is 0.202. The molecule has 0 amide bonds. The molecule has 1 aromatic carbocycles. The Bertz CT molecular complexity index is 443. The SMILES string of the molecule is COc1ccc(CN2CCC(N)CC2)c(OC)c1OC. The second-order valence-corrected chi connectivity index (χ2v) is 5.11. The summed E-state index contributed by atoms with van der Waals surface area (Å²) in [5, 5.41) is 0. The quantitative estimate of drug-likeness (QED) is 0.888. The third-order valence-corrected chi connectivity index (χ3v) is 3.81. The number of rotatable bonds is 5. The first-order valence-corrected chi connectivity index (χ1v) is 6.95. The minimum absolute atomic E-state index is 0.346. The van der Waals surface area contributed by atoms with Crippen LogP contribution in [0.2, 0.25) is 0 Å². The predicted molar refractivity (Wildman–Crippen MR) is 78.6 cm³/mol. The molecule has 112 valence electrons. The third-order valence-electron chi connectivity index (χ3n) is 3.81. The van der Waals surface area contributed by atoms with E-state index in [0.29, 0.717) is 17.5 Å². The number of likely N-dealkylation sites (tertiary alicyclic amines) is 1. The number of piperidine rings is 1. The highest BCUT2D eigenvalue weighted by molar-refractivity contribution is 5.55. The summed E-state index contributed by atoms with van der Waals surface area (Å²) >= 11 is 0. The van der Waals surface area contributed by atoms with Crippen molar-refractivity contribution < 1.29 is 14.2 Å². The molecule has 0 spiro atoms. The summed E-state index contributed by atoms with van der Waals surface area (Å²) in [5.74, 6) is 2.09. The van der Waals surface area contributed by atoms with E-state index in [0.717, 1.165) is 43.8 Å². The fourth-order valence-electron chi connectivity index (χ4n) is 2.64. The number of benzene rings is 1. The summed E-state index contributed by atoms with van der Waals surface area (Å²) in [6.07, 6.45) is 2.10. The first-order chi connectivity index (χ1) is 9.69. The van der Waals surface area contributed by atoms with Gasteiger partial charge in [0.25, 0.3) is 0 Å². The molecule has 1 fully saturated rings. The van der Waals surface area contributed by atoms with Crippen LogP contribution in [0.5, 0.6) is 17.2 Å². The highest BCUT2D eigenvalue weighted by Gasteiger charge is 2.20. The molecule has 0 atom stereocenters. The normalized spacial score (nSPS) is 17.0. The van der Waals surface area contributed by atoms with Crippen molar-refractivity contribution in [1.82, 2.24) is 4.90 Å². The number of nitrogens with zero attached hydrogens (tertiary/aromatic N) is 1. The Balaban J connectivity index is 2.19. The first kappa shape index (κ1) is 14.9. The van der Waals surface area contributed by atoms with Crippen LogP contribution in [0.25, 0.3) is 0 Å². The summed E-state index contributed by atoms with van der Waals surface area (Å²) in [4.78, 5) is 2.40. The highest BCUT2D eigenvalue weighted by Crippen LogP contribution is 2.40. The van der Waals surface area contributed by atoms with Crippen molar-refractivity contribution in [3.05, 3.63) is 17.7 Å². The van der Waals surface area contributed by atoms with Gasteiger partial charge in [-0.3, -0.25) is 4.90 Å². The topological polar surface area (TPSA) is 57.0 Å². The third kappa shape index (κ3) is 3.16. The van der Waals surface area contributed by atoms with Crippen LogP contribution in [0.4, 0.5) is 0 Å². The minimum atomic E-state index is 0.346. The molecule has 1 aliphatic heterocycles. The van der Waals surface area contributed by atoms with Gasteiger partial charge in [-0.25, -0.2) is 0 Å². The zero-order valence-corrected chi connectivity index (χ0v) is 12.5. The van der Waals surface area contributed by atoms with Crippen LogP contribution < -0.4 is 19.9 Å². The summed E-state index contributed by atoms with van der Waals surface area (Å²) in [7, 11) is 4.92. The maximum atomic E-state index is 5.94. The fourth-order valence-corrected chi connectivity index (χ4v) is 2.64. The molecule has 1 aliphatic rings. The molecular formula is C15H24N2O3. The Labute approximate surface area is 120 Å². The van der Waals surface area contributed by atoms with Gasteiger partial charge in [0.15, 0.2) is 11.5 Å². The Morgan fingerprint density at radius 2 is 1.70 bits per heavy atom. The molecule has 2 rings (SSSR count). The van der Waals surface area contributed by atoms with Crippen LogP contribution in [0, 0.1) is 0 Å². The lowest BCUT2D eigenvalue weighted by Gasteiger charge is -2.30. The molecule has 1 saturated heterocycles. The lowest BCUT2D eigenvalue weighted by atomic mass is 10.0. The van der Waals surface area contributed by atoms with Crippen molar-refractivity contribution >= 4 is 0 Å². The zero-order chi connectivity index (χ0) is 14.5. The van der Waals surface area contributed by atoms with Gasteiger partial charge in [-0.2, -0.15) is 0 Å². The lowest BCUT2D eigenvalue weighted by Crippen LogP contribution is -2.39. The van der Waals surface area contributed by atoms with Gasteiger partial charge in [0.1, 0.15) is 0 Å². The minimum Gasteiger partial charge on any atom is -0.493 e. The number of hydrogen-bond acceptors (Lipinski definition) is 5. The Morgan fingerprint density at radius 3 is 2.25 bits per heavy atom. The van der Waals surface area contributed by atoms with Crippen LogP contribution in [0.1, 0.15) is 18.4 Å². The maximum Gasteiger partial charge on any atom is 0.203 e. The van der Waals surface area contributed by atoms with E-state index in [1.54, 1.807) is 21.3 Å². The van der Waals surface area contributed by atoms with E-state index in [4.69, 9.17) is 19.9 Å². The average molecular weight is 280 g/mol. The van der Waals surface area contributed by atoms with Crippen LogP contribution in [0.15, 0.2) is 12.1 Å². The molecule has 0 aliphatic carbocycles. The number of ether oxygens (including phenoxy) is 3. The number of hydrogen-bond donors (Lipinski definition) is 1. The van der Waals surface area contributed by atoms with Gasteiger partial charge in [-0.05, 0) is 32.0 Å². The van der Waals surface area contributed by atoms with Crippen molar-refractivity contribution in [2.24, 2.45) is 5.73 Å². The second kappa shape index (κ2) is 6.81. The number of nitrogens with two attached hydrogens (primary N) is 1. The van der Waals surface area contributed by atoms with E-state index in [1.807, 2.05) is 12.1 Å². The monoisotopic (exact) mass is 280 g/mol. The molecule has 1 heterocycles. The summed E-state index contributed by atoms with van der Waals surface area (Å²) < 4.78 is 16.2. The predicted octanol–water partition coefficient (Wildman–Crippen LogP) is 1.64. The van der Waals surface area contributed by atoms with Gasteiger partial charge >= 0.3 is 0 Å². The van der Waals surface area contributed by atoms with Gasteiger partial charge in [-0.15, -0.1) is 0 Å². The van der Waals surface area contributed by atoms with Crippen LogP contribution in [-0.4, -0.2) is 45.4 Å². The summed E-state index contributed by atoms with van der Waals surface area (Å²) in [6, 6.07) is 4.31. The average Bonchev–Trinajstić information content (AvgIpc) is 2.48. The van der Waals surface area contributed by atoms with Crippen molar-refractivity contribution in [2.45, 2.75) is 25.4 Å². The highest BCUT2D eigenvalue weighted by atomic mass is 16.5. The first-order valence-electron chi connectivity index (χ1n) is 6.95. The molecule has 1 aromatic rings. The van der Waals surface area contributed by atoms with E-state index in [9.17, 15) is 0 Å². The van der Waals surface area contributed by atoms with Crippen molar-refractivity contribution in [3.63, 3.8) is 0 Å². The Kier molecular flexibility index (Phi) is 5.09. The molecule has 0 unspecified atom stereocenters. The molecular weight excluding hydrogens is 256 g/mol. The van der Waals surface area contributed by atoms with Gasteiger partial charge in [-0.1, -0.05) is 6.07 Å².